The fourth-order valence-electron chi connectivity index (χ4n) is 0.505. The van der Waals surface area contributed by atoms with Crippen molar-refractivity contribution in [2.75, 3.05) is 7.11 Å². The maximum Gasteiger partial charge on any atom is 0.371 e. The van der Waals surface area contributed by atoms with E-state index >= 15 is 0 Å². The van der Waals surface area contributed by atoms with E-state index in [2.05, 4.69) is 4.74 Å². The van der Waals surface area contributed by atoms with Gasteiger partial charge < -0.3 is 9.84 Å². The molecule has 9 heavy (non-hydrogen) atoms. The van der Waals surface area contributed by atoms with Gasteiger partial charge in [0, 0.05) is 0 Å². The van der Waals surface area contributed by atoms with Crippen LogP contribution in [0.15, 0.2) is 11.3 Å². The van der Waals surface area contributed by atoms with Gasteiger partial charge in [-0.15, -0.1) is 0 Å². The van der Waals surface area contributed by atoms with Crippen molar-refractivity contribution in [3.05, 3.63) is 11.3 Å². The molecule has 0 fully saturated rings. The van der Waals surface area contributed by atoms with Crippen LogP contribution in [-0.4, -0.2) is 18.2 Å². The molecule has 0 rings (SSSR count). The second-order valence-electron chi connectivity index (χ2n) is 1.84. The third kappa shape index (κ3) is 2.17. The summed E-state index contributed by atoms with van der Waals surface area (Å²) >= 11 is 0. The lowest BCUT2D eigenvalue weighted by Crippen LogP contribution is -2.03. The second kappa shape index (κ2) is 3.12. The summed E-state index contributed by atoms with van der Waals surface area (Å²) in [5.74, 6) is -0.993. The Morgan fingerprint density at radius 3 is 1.89 bits per heavy atom. The van der Waals surface area contributed by atoms with Crippen molar-refractivity contribution in [2.45, 2.75) is 13.8 Å². The number of hydrogen-bond acceptors (Lipinski definition) is 2. The first-order chi connectivity index (χ1) is 4.09. The van der Waals surface area contributed by atoms with E-state index in [0.717, 1.165) is 0 Å². The van der Waals surface area contributed by atoms with Crippen molar-refractivity contribution >= 4 is 5.97 Å². The molecule has 3 nitrogen and oxygen atoms in total. The number of aliphatic carboxylic acids is 1. The topological polar surface area (TPSA) is 46.5 Å². The smallest absolute Gasteiger partial charge is 0.371 e. The lowest BCUT2D eigenvalue weighted by Gasteiger charge is -2.00. The van der Waals surface area contributed by atoms with Crippen LogP contribution in [0.1, 0.15) is 13.8 Å². The zero-order valence-electron chi connectivity index (χ0n) is 5.76. The Kier molecular flexibility index (Phi) is 2.78. The Bertz CT molecular complexity index is 142. The van der Waals surface area contributed by atoms with Crippen LogP contribution in [0, 0.1) is 0 Å². The summed E-state index contributed by atoms with van der Waals surface area (Å²) in [6.07, 6.45) is 0. The lowest BCUT2D eigenvalue weighted by molar-refractivity contribution is -0.136. The molecule has 0 aromatic heterocycles. The highest BCUT2D eigenvalue weighted by molar-refractivity contribution is 5.84. The van der Waals surface area contributed by atoms with E-state index in [-0.39, 0.29) is 5.76 Å². The van der Waals surface area contributed by atoms with Gasteiger partial charge in [-0.2, -0.15) is 0 Å². The van der Waals surface area contributed by atoms with Crippen molar-refractivity contribution in [1.29, 1.82) is 0 Å². The molecule has 0 saturated heterocycles. The molecule has 0 amide bonds. The fraction of sp³-hybridized carbons (Fsp3) is 0.500. The first kappa shape index (κ1) is 8.01. The van der Waals surface area contributed by atoms with Crippen LogP contribution in [0.4, 0.5) is 0 Å². The second-order valence-corrected chi connectivity index (χ2v) is 1.84. The molecule has 3 heteroatoms. The molecule has 1 N–H and O–H groups in total. The number of allylic oxidation sites excluding steroid dienone is 1. The Labute approximate surface area is 53.9 Å². The quantitative estimate of drug-likeness (QED) is 0.448. The number of rotatable bonds is 2. The molecule has 0 radical (unpaired) electrons. The van der Waals surface area contributed by atoms with E-state index in [9.17, 15) is 4.79 Å². The molecule has 0 saturated carbocycles. The number of carboxylic acid groups (broad SMARTS) is 1. The third-order valence-corrected chi connectivity index (χ3v) is 0.852. The molecule has 0 atom stereocenters. The van der Waals surface area contributed by atoms with E-state index < -0.39 is 5.97 Å². The summed E-state index contributed by atoms with van der Waals surface area (Å²) in [6.45, 7) is 3.37. The molecule has 0 spiro atoms. The van der Waals surface area contributed by atoms with Crippen molar-refractivity contribution < 1.29 is 14.6 Å². The standard InChI is InChI=1S/C6H10O3/c1-4(2)5(9-3)6(7)8/h1-3H3,(H,7,8). The number of methoxy groups -OCH3 is 1. The van der Waals surface area contributed by atoms with Crippen LogP contribution >= 0.6 is 0 Å². The van der Waals surface area contributed by atoms with Gasteiger partial charge in [0.25, 0.3) is 0 Å². The molecular weight excluding hydrogens is 120 g/mol. The lowest BCUT2D eigenvalue weighted by atomic mass is 10.3. The number of carbonyl (C=O) groups is 1. The van der Waals surface area contributed by atoms with Gasteiger partial charge in [-0.3, -0.25) is 0 Å². The van der Waals surface area contributed by atoms with Crippen LogP contribution in [0.3, 0.4) is 0 Å². The highest BCUT2D eigenvalue weighted by atomic mass is 16.5. The first-order valence-electron chi connectivity index (χ1n) is 2.54. The van der Waals surface area contributed by atoms with Gasteiger partial charge >= 0.3 is 5.97 Å². The minimum Gasteiger partial charge on any atom is -0.490 e. The number of hydrogen-bond donors (Lipinski definition) is 1. The third-order valence-electron chi connectivity index (χ3n) is 0.852. The van der Waals surface area contributed by atoms with Crippen molar-refractivity contribution in [2.24, 2.45) is 0 Å². The van der Waals surface area contributed by atoms with E-state index in [0.29, 0.717) is 5.57 Å². The van der Waals surface area contributed by atoms with Gasteiger partial charge in [0.1, 0.15) is 0 Å². The predicted octanol–water partition coefficient (Wildman–Crippen LogP) is 1.01. The minimum absolute atomic E-state index is 0.0231. The molecule has 0 unspecified atom stereocenters. The van der Waals surface area contributed by atoms with Crippen LogP contribution in [0.5, 0.6) is 0 Å². The van der Waals surface area contributed by atoms with Gasteiger partial charge in [0.15, 0.2) is 0 Å². The average Bonchev–Trinajstić information content (AvgIpc) is 1.64. The van der Waals surface area contributed by atoms with Crippen molar-refractivity contribution in [3.63, 3.8) is 0 Å². The number of ether oxygens (including phenoxy) is 1. The van der Waals surface area contributed by atoms with Crippen LogP contribution in [-0.2, 0) is 9.53 Å². The van der Waals surface area contributed by atoms with Gasteiger partial charge in [-0.1, -0.05) is 0 Å². The molecule has 0 aliphatic rings. The predicted molar refractivity (Wildman–Crippen MR) is 33.0 cm³/mol. The molecule has 0 heterocycles. The SMILES string of the molecule is COC(C(=O)O)=C(C)C. The zero-order valence-corrected chi connectivity index (χ0v) is 5.76. The summed E-state index contributed by atoms with van der Waals surface area (Å²) in [6, 6.07) is 0. The summed E-state index contributed by atoms with van der Waals surface area (Å²) in [4.78, 5) is 10.2. The monoisotopic (exact) mass is 130 g/mol. The van der Waals surface area contributed by atoms with E-state index in [1.54, 1.807) is 13.8 Å². The van der Waals surface area contributed by atoms with E-state index in [1.807, 2.05) is 0 Å². The van der Waals surface area contributed by atoms with E-state index in [4.69, 9.17) is 5.11 Å². The molecule has 0 bridgehead atoms. The van der Waals surface area contributed by atoms with Crippen LogP contribution in [0.25, 0.3) is 0 Å². The van der Waals surface area contributed by atoms with Crippen molar-refractivity contribution in [3.8, 4) is 0 Å². The Morgan fingerprint density at radius 2 is 1.89 bits per heavy atom. The maximum absolute atomic E-state index is 10.2. The Balaban J connectivity index is 4.35. The van der Waals surface area contributed by atoms with Gasteiger partial charge in [0.2, 0.25) is 5.76 Å². The summed E-state index contributed by atoms with van der Waals surface area (Å²) in [5, 5.41) is 8.36. The summed E-state index contributed by atoms with van der Waals surface area (Å²) in [7, 11) is 1.34. The highest BCUT2D eigenvalue weighted by Crippen LogP contribution is 2.02. The summed E-state index contributed by atoms with van der Waals surface area (Å²) < 4.78 is 4.55. The Hall–Kier alpha value is -0.990. The minimum atomic E-state index is -1.02. The molecule has 0 aliphatic heterocycles. The van der Waals surface area contributed by atoms with Crippen molar-refractivity contribution in [1.82, 2.24) is 0 Å². The molecule has 0 aromatic rings. The van der Waals surface area contributed by atoms with E-state index in [1.165, 1.54) is 7.11 Å². The van der Waals surface area contributed by atoms with Gasteiger partial charge in [-0.05, 0) is 19.4 Å². The molecule has 0 aliphatic carbocycles. The van der Waals surface area contributed by atoms with Gasteiger partial charge in [0.05, 0.1) is 7.11 Å². The number of carboxylic acids is 1. The highest BCUT2D eigenvalue weighted by Gasteiger charge is 2.06. The maximum atomic E-state index is 10.2. The normalized spacial score (nSPS) is 8.33. The average molecular weight is 130 g/mol. The van der Waals surface area contributed by atoms with Crippen LogP contribution < -0.4 is 0 Å². The molecule has 52 valence electrons. The first-order valence-corrected chi connectivity index (χ1v) is 2.54. The Morgan fingerprint density at radius 1 is 1.44 bits per heavy atom. The largest absolute Gasteiger partial charge is 0.490 e. The van der Waals surface area contributed by atoms with Crippen LogP contribution in [0.2, 0.25) is 0 Å². The molecular formula is C6H10O3. The van der Waals surface area contributed by atoms with Gasteiger partial charge in [-0.25, -0.2) is 4.79 Å². The summed E-state index contributed by atoms with van der Waals surface area (Å²) in [5.41, 5.74) is 0.671. The zero-order chi connectivity index (χ0) is 7.44. The fourth-order valence-corrected chi connectivity index (χ4v) is 0.505. The molecule has 0 aromatic carbocycles.